The Hall–Kier alpha value is -18.1. The Labute approximate surface area is 772 Å². The van der Waals surface area contributed by atoms with Crippen LogP contribution in [0.15, 0.2) is 473 Å². The summed E-state index contributed by atoms with van der Waals surface area (Å²) in [5, 5.41) is 24.6. The maximum atomic E-state index is 5.28. The molecule has 22 aromatic carbocycles. The molecule has 10 heteroatoms. The highest BCUT2D eigenvalue weighted by Crippen LogP contribution is 2.42. The van der Waals surface area contributed by atoms with Crippen LogP contribution >= 0.6 is 0 Å². The minimum Gasteiger partial charge on any atom is -0.256 e. The van der Waals surface area contributed by atoms with E-state index in [1.54, 1.807) is 0 Å². The first-order valence-electron chi connectivity index (χ1n) is 45.0. The molecule has 0 saturated heterocycles. The Kier molecular flexibility index (Phi) is 20.4. The number of fused-ring (bicyclic) bond motifs is 13. The predicted octanol–water partition coefficient (Wildman–Crippen LogP) is 31.7. The molecule has 0 N–H and O–H groups in total. The summed E-state index contributed by atoms with van der Waals surface area (Å²) < 4.78 is 0. The van der Waals surface area contributed by atoms with Crippen LogP contribution in [0.2, 0.25) is 0 Å². The van der Waals surface area contributed by atoms with Crippen LogP contribution in [0.1, 0.15) is 0 Å². The number of pyridine rings is 1. The lowest BCUT2D eigenvalue weighted by Gasteiger charge is -2.14. The number of hydrogen-bond donors (Lipinski definition) is 0. The third-order valence-corrected chi connectivity index (χ3v) is 25.5. The molecule has 0 spiro atoms. The summed E-state index contributed by atoms with van der Waals surface area (Å²) >= 11 is 0. The smallest absolute Gasteiger partial charge is 0.164 e. The Morgan fingerprint density at radius 3 is 0.791 bits per heavy atom. The fraction of sp³-hybridized carbons (Fsp3) is 0. The standard InChI is InChI=1S/C46H28N4.2C39H25N3/c1-4-14-35-31(11-1)26-41(39-18-8-6-16-37(35)39)45-48-44(30-23-21-29(22-24-30)34-25-33-13-3-10-20-43(33)47-28-34)49-46(50-45)42-27-32-12-2-5-15-36(32)38-17-7-9-19-40(38)42;1-4-16-31-26(10-1)13-7-19-32(31)29-22-24-30(25-23-29)37-40-38(35-20-8-14-27-11-2-5-17-33(27)35)42-39(41-37)36-21-9-15-28-12-3-6-18-34(28)36;1-4-10-31-23-34(20-15-26(31)7-1)29-13-18-30(19-14-29)37-40-38(35-21-16-27-8-2-5-11-32(27)24-35)42-39(41-37)36-22-17-28-9-3-6-12-33(28)25-36/h1-28H;2*1-25H. The summed E-state index contributed by atoms with van der Waals surface area (Å²) in [5.41, 5.74) is 16.5. The van der Waals surface area contributed by atoms with Crippen LogP contribution in [-0.2, 0) is 0 Å². The van der Waals surface area contributed by atoms with Gasteiger partial charge in [0.1, 0.15) is 0 Å². The van der Waals surface area contributed by atoms with E-state index in [2.05, 4.69) is 454 Å². The fourth-order valence-electron chi connectivity index (χ4n) is 18.7. The van der Waals surface area contributed by atoms with Crippen molar-refractivity contribution in [2.24, 2.45) is 0 Å². The van der Waals surface area contributed by atoms with Gasteiger partial charge in [0.05, 0.1) is 5.52 Å². The van der Waals surface area contributed by atoms with E-state index < -0.39 is 0 Å². The molecular weight excluding hydrogens is 1630 g/mol. The largest absolute Gasteiger partial charge is 0.256 e. The van der Waals surface area contributed by atoms with Crippen LogP contribution in [-0.4, -0.2) is 49.8 Å². The number of aromatic nitrogens is 10. The van der Waals surface area contributed by atoms with Crippen LogP contribution in [0, 0.1) is 0 Å². The third kappa shape index (κ3) is 15.4. The van der Waals surface area contributed by atoms with E-state index in [0.717, 1.165) is 137 Å². The van der Waals surface area contributed by atoms with Gasteiger partial charge in [0.25, 0.3) is 0 Å². The molecule has 4 aromatic heterocycles. The highest BCUT2D eigenvalue weighted by Gasteiger charge is 2.23. The quantitative estimate of drug-likeness (QED) is 0.109. The zero-order valence-corrected chi connectivity index (χ0v) is 72.5. The van der Waals surface area contributed by atoms with Gasteiger partial charge in [-0.25, -0.2) is 44.9 Å². The van der Waals surface area contributed by atoms with Gasteiger partial charge in [-0.2, -0.15) is 0 Å². The minimum atomic E-state index is 0.627. The molecule has 0 radical (unpaired) electrons. The first-order chi connectivity index (χ1) is 66.3. The SMILES string of the molecule is c1ccc2c(-c3ccc(-c4nc(-c5cccc6ccccc56)nc(-c5cccc6ccccc56)n4)cc3)cccc2c1.c1ccc2cc(-c3ccc(-c4nc(-c5ccc6ccccc6c5)nc(-c5ccc6ccccc6c5)n4)cc3)ccc2c1.c1ccc2ncc(-c3ccc(-c4nc(-c5cc6ccccc6c6ccccc56)nc(-c5cc6ccccc6c6ccccc56)n4)cc3)cc2c1. The van der Waals surface area contributed by atoms with Crippen LogP contribution in [0.3, 0.4) is 0 Å². The van der Waals surface area contributed by atoms with Crippen molar-refractivity contribution in [3.63, 3.8) is 0 Å². The maximum Gasteiger partial charge on any atom is 0.164 e. The fourth-order valence-corrected chi connectivity index (χ4v) is 18.7. The van der Waals surface area contributed by atoms with E-state index >= 15 is 0 Å². The maximum absolute atomic E-state index is 5.28. The van der Waals surface area contributed by atoms with Crippen molar-refractivity contribution < 1.29 is 0 Å². The number of para-hydroxylation sites is 1. The minimum absolute atomic E-state index is 0.627. The van der Waals surface area contributed by atoms with Crippen LogP contribution in [0.4, 0.5) is 0 Å². The molecule has 0 atom stereocenters. The lowest BCUT2D eigenvalue weighted by molar-refractivity contribution is 1.07. The van der Waals surface area contributed by atoms with Crippen molar-refractivity contribution in [2.75, 3.05) is 0 Å². The second kappa shape index (κ2) is 34.5. The van der Waals surface area contributed by atoms with Crippen LogP contribution < -0.4 is 0 Å². The van der Waals surface area contributed by atoms with Crippen molar-refractivity contribution in [1.29, 1.82) is 0 Å². The van der Waals surface area contributed by atoms with Crippen LogP contribution in [0.25, 0.3) is 254 Å². The summed E-state index contributed by atoms with van der Waals surface area (Å²) in [6, 6.07) is 163. The van der Waals surface area contributed by atoms with Gasteiger partial charge in [-0.15, -0.1) is 0 Å². The second-order valence-corrected chi connectivity index (χ2v) is 33.7. The van der Waals surface area contributed by atoms with E-state index in [9.17, 15) is 0 Å². The van der Waals surface area contributed by atoms with Gasteiger partial charge >= 0.3 is 0 Å². The molecule has 0 aliphatic carbocycles. The second-order valence-electron chi connectivity index (χ2n) is 33.7. The molecule has 624 valence electrons. The van der Waals surface area contributed by atoms with Gasteiger partial charge in [-0.3, -0.25) is 4.98 Å². The summed E-state index contributed by atoms with van der Waals surface area (Å²) in [5.74, 6) is 5.87. The van der Waals surface area contributed by atoms with E-state index in [1.165, 1.54) is 65.0 Å². The molecule has 0 aliphatic rings. The third-order valence-electron chi connectivity index (χ3n) is 25.5. The normalized spacial score (nSPS) is 11.4. The van der Waals surface area contributed by atoms with E-state index in [4.69, 9.17) is 44.9 Å². The zero-order valence-electron chi connectivity index (χ0n) is 72.5. The topological polar surface area (TPSA) is 129 Å². The molecule has 10 nitrogen and oxygen atoms in total. The first kappa shape index (κ1) is 79.3. The lowest BCUT2D eigenvalue weighted by Crippen LogP contribution is -2.01. The molecule has 0 fully saturated rings. The Morgan fingerprint density at radius 2 is 0.366 bits per heavy atom. The summed E-state index contributed by atoms with van der Waals surface area (Å²) in [6.07, 6.45) is 1.94. The molecule has 0 aliphatic heterocycles. The Balaban J connectivity index is 0.000000111. The van der Waals surface area contributed by atoms with Crippen molar-refractivity contribution in [3.8, 4) is 136 Å². The number of benzene rings is 22. The Bertz CT molecular complexity index is 8750. The van der Waals surface area contributed by atoms with Gasteiger partial charge < -0.3 is 0 Å². The molecule has 26 rings (SSSR count). The Morgan fingerprint density at radius 1 is 0.112 bits per heavy atom. The number of nitrogens with zero attached hydrogens (tertiary/aromatic N) is 10. The van der Waals surface area contributed by atoms with Gasteiger partial charge in [-0.1, -0.05) is 425 Å². The lowest BCUT2D eigenvalue weighted by atomic mass is 9.96. The first-order valence-corrected chi connectivity index (χ1v) is 45.0. The molecule has 0 bridgehead atoms. The van der Waals surface area contributed by atoms with Crippen molar-refractivity contribution in [1.82, 2.24) is 49.8 Å². The molecule has 134 heavy (non-hydrogen) atoms. The predicted molar refractivity (Wildman–Crippen MR) is 555 cm³/mol. The van der Waals surface area contributed by atoms with Crippen molar-refractivity contribution in [2.45, 2.75) is 0 Å². The molecular formula is C124H78N10. The summed E-state index contributed by atoms with van der Waals surface area (Å²) in [4.78, 5) is 50.5. The molecule has 0 saturated carbocycles. The van der Waals surface area contributed by atoms with Gasteiger partial charge in [0, 0.05) is 67.2 Å². The molecule has 26 aromatic rings. The average molecular weight is 1710 g/mol. The van der Waals surface area contributed by atoms with E-state index in [1.807, 2.05) is 24.4 Å². The number of rotatable bonds is 12. The van der Waals surface area contributed by atoms with Crippen LogP contribution in [0.5, 0.6) is 0 Å². The zero-order chi connectivity index (χ0) is 88.8. The van der Waals surface area contributed by atoms with Gasteiger partial charge in [0.15, 0.2) is 52.4 Å². The number of hydrogen-bond acceptors (Lipinski definition) is 10. The molecule has 0 unspecified atom stereocenters. The monoisotopic (exact) mass is 1710 g/mol. The highest BCUT2D eigenvalue weighted by atomic mass is 15.1. The van der Waals surface area contributed by atoms with Gasteiger partial charge in [0.2, 0.25) is 0 Å². The van der Waals surface area contributed by atoms with E-state index in [0.29, 0.717) is 52.4 Å². The van der Waals surface area contributed by atoms with Crippen molar-refractivity contribution >= 4 is 119 Å². The summed E-state index contributed by atoms with van der Waals surface area (Å²) in [6.45, 7) is 0. The summed E-state index contributed by atoms with van der Waals surface area (Å²) in [7, 11) is 0. The van der Waals surface area contributed by atoms with Gasteiger partial charge in [-0.05, 0) is 178 Å². The molecule has 4 heterocycles. The average Bonchev–Trinajstić information content (AvgIpc) is 0.745. The van der Waals surface area contributed by atoms with Crippen molar-refractivity contribution in [3.05, 3.63) is 473 Å². The highest BCUT2D eigenvalue weighted by molar-refractivity contribution is 6.15. The van der Waals surface area contributed by atoms with E-state index in [-0.39, 0.29) is 0 Å². The molecule has 0 amide bonds.